The maximum Gasteiger partial charge on any atom is 0.165 e. The van der Waals surface area contributed by atoms with Crippen molar-refractivity contribution >= 4 is 15.9 Å². The van der Waals surface area contributed by atoms with Gasteiger partial charge >= 0.3 is 0 Å². The molecule has 80 valence electrons. The van der Waals surface area contributed by atoms with Crippen molar-refractivity contribution in [1.29, 1.82) is 0 Å². The number of hydrogen-bond acceptors (Lipinski definition) is 0. The monoisotopic (exact) mass is 272 g/mol. The van der Waals surface area contributed by atoms with E-state index in [9.17, 15) is 17.6 Å². The van der Waals surface area contributed by atoms with Gasteiger partial charge in [-0.3, -0.25) is 0 Å². The van der Waals surface area contributed by atoms with Gasteiger partial charge in [-0.1, -0.05) is 15.9 Å². The van der Waals surface area contributed by atoms with E-state index in [1.165, 1.54) is 0 Å². The zero-order chi connectivity index (χ0) is 11.5. The maximum absolute atomic E-state index is 12.7. The lowest BCUT2D eigenvalue weighted by molar-refractivity contribution is 0.436. The number of alkyl halides is 1. The van der Waals surface area contributed by atoms with Gasteiger partial charge in [0.15, 0.2) is 23.3 Å². The molecule has 1 rings (SSSR count). The Morgan fingerprint density at radius 1 is 0.643 bits per heavy atom. The third-order valence-corrected chi connectivity index (χ3v) is 1.70. The van der Waals surface area contributed by atoms with Crippen LogP contribution in [0.3, 0.4) is 0 Å². The molecule has 5 heteroatoms. The molecule has 0 radical (unpaired) electrons. The van der Waals surface area contributed by atoms with Crippen LogP contribution in [0.1, 0.15) is 11.1 Å². The molecule has 0 aromatic heterocycles. The predicted octanol–water partition coefficient (Wildman–Crippen LogP) is 3.87. The van der Waals surface area contributed by atoms with E-state index in [0.717, 1.165) is 13.8 Å². The summed E-state index contributed by atoms with van der Waals surface area (Å²) in [5, 5.41) is 0. The highest BCUT2D eigenvalue weighted by molar-refractivity contribution is 9.08. The Labute approximate surface area is 88.1 Å². The molecule has 0 spiro atoms. The second-order valence-corrected chi connectivity index (χ2v) is 2.51. The van der Waals surface area contributed by atoms with Crippen molar-refractivity contribution in [3.05, 3.63) is 34.4 Å². The molecule has 0 amide bonds. The highest BCUT2D eigenvalue weighted by Gasteiger charge is 2.19. The normalized spacial score (nSPS) is 9.43. The van der Waals surface area contributed by atoms with Crippen molar-refractivity contribution in [2.75, 3.05) is 5.83 Å². The molecule has 0 aliphatic rings. The first-order chi connectivity index (χ1) is 6.46. The van der Waals surface area contributed by atoms with Crippen LogP contribution in [0.25, 0.3) is 0 Å². The van der Waals surface area contributed by atoms with Crippen molar-refractivity contribution in [2.45, 2.75) is 13.8 Å². The van der Waals surface area contributed by atoms with Gasteiger partial charge in [0.2, 0.25) is 0 Å². The van der Waals surface area contributed by atoms with Crippen LogP contribution in [0.15, 0.2) is 0 Å². The highest BCUT2D eigenvalue weighted by Crippen LogP contribution is 2.22. The molecule has 0 aliphatic carbocycles. The van der Waals surface area contributed by atoms with Crippen molar-refractivity contribution in [1.82, 2.24) is 0 Å². The summed E-state index contributed by atoms with van der Waals surface area (Å²) < 4.78 is 50.6. The summed E-state index contributed by atoms with van der Waals surface area (Å²) in [6.07, 6.45) is 0. The zero-order valence-electron chi connectivity index (χ0n) is 7.89. The Morgan fingerprint density at radius 2 is 0.786 bits per heavy atom. The van der Waals surface area contributed by atoms with E-state index in [-0.39, 0.29) is 0 Å². The van der Waals surface area contributed by atoms with Crippen LogP contribution in [-0.2, 0) is 0 Å². The summed E-state index contributed by atoms with van der Waals surface area (Å²) in [5.41, 5.74) is -1.26. The van der Waals surface area contributed by atoms with Gasteiger partial charge < -0.3 is 0 Å². The van der Waals surface area contributed by atoms with Gasteiger partial charge in [0, 0.05) is 11.1 Å². The molecule has 0 unspecified atom stereocenters. The van der Waals surface area contributed by atoms with Crippen LogP contribution in [0.5, 0.6) is 0 Å². The summed E-state index contributed by atoms with van der Waals surface area (Å²) in [5.74, 6) is -3.50. The maximum atomic E-state index is 12.7. The molecular formula is C9H9BrF4. The number of halogens is 5. The van der Waals surface area contributed by atoms with E-state index in [1.807, 2.05) is 5.83 Å². The van der Waals surface area contributed by atoms with E-state index in [2.05, 4.69) is 15.9 Å². The number of rotatable bonds is 0. The number of benzene rings is 1. The van der Waals surface area contributed by atoms with E-state index in [4.69, 9.17) is 0 Å². The van der Waals surface area contributed by atoms with Gasteiger partial charge in [-0.25, -0.2) is 17.6 Å². The Morgan fingerprint density at radius 3 is 0.929 bits per heavy atom. The molecule has 1 aromatic rings. The Kier molecular flexibility index (Phi) is 5.12. The molecule has 0 saturated heterocycles. The van der Waals surface area contributed by atoms with Crippen molar-refractivity contribution in [2.24, 2.45) is 0 Å². The Bertz CT molecular complexity index is 231. The van der Waals surface area contributed by atoms with Gasteiger partial charge in [-0.05, 0) is 19.7 Å². The largest absolute Gasteiger partial charge is 0.203 e. The van der Waals surface area contributed by atoms with Gasteiger partial charge in [-0.2, -0.15) is 0 Å². The lowest BCUT2D eigenvalue weighted by atomic mass is 10.1. The Balaban J connectivity index is 0.000000791. The topological polar surface area (TPSA) is 0 Å². The fraction of sp³-hybridized carbons (Fsp3) is 0.333. The van der Waals surface area contributed by atoms with Crippen molar-refractivity contribution in [3.63, 3.8) is 0 Å². The number of hydrogen-bond donors (Lipinski definition) is 0. The van der Waals surface area contributed by atoms with Crippen LogP contribution in [0.2, 0.25) is 0 Å². The average molecular weight is 273 g/mol. The summed E-state index contributed by atoms with van der Waals surface area (Å²) in [6, 6.07) is 0. The third-order valence-electron chi connectivity index (χ3n) is 1.70. The van der Waals surface area contributed by atoms with Crippen LogP contribution in [0, 0.1) is 37.1 Å². The molecule has 0 atom stereocenters. The van der Waals surface area contributed by atoms with Crippen LogP contribution < -0.4 is 0 Å². The van der Waals surface area contributed by atoms with E-state index >= 15 is 0 Å². The van der Waals surface area contributed by atoms with Crippen LogP contribution >= 0.6 is 15.9 Å². The molecule has 0 fully saturated rings. The molecule has 1 aromatic carbocycles. The quantitative estimate of drug-likeness (QED) is 0.382. The first-order valence-electron chi connectivity index (χ1n) is 3.63. The summed E-state index contributed by atoms with van der Waals surface area (Å²) >= 11 is 2.94. The first kappa shape index (κ1) is 13.4. The fourth-order valence-corrected chi connectivity index (χ4v) is 0.851. The predicted molar refractivity (Wildman–Crippen MR) is 50.6 cm³/mol. The lowest BCUT2D eigenvalue weighted by Crippen LogP contribution is -2.02. The standard InChI is InChI=1S/C8H6F4.CH3Br/c1-3-5(9)7(11)4(2)8(12)6(3)10;1-2/h1-2H3;1H3. The van der Waals surface area contributed by atoms with E-state index in [0.29, 0.717) is 0 Å². The first-order valence-corrected chi connectivity index (χ1v) is 5.22. The van der Waals surface area contributed by atoms with Crippen LogP contribution in [0.4, 0.5) is 17.6 Å². The second-order valence-electron chi connectivity index (χ2n) is 2.51. The minimum atomic E-state index is -1.33. The van der Waals surface area contributed by atoms with E-state index in [1.54, 1.807) is 0 Å². The van der Waals surface area contributed by atoms with Crippen molar-refractivity contribution in [3.8, 4) is 0 Å². The van der Waals surface area contributed by atoms with Gasteiger partial charge in [0.1, 0.15) is 0 Å². The molecule has 0 aliphatic heterocycles. The summed E-state index contributed by atoms with van der Waals surface area (Å²) in [4.78, 5) is 0. The molecule has 0 saturated carbocycles. The van der Waals surface area contributed by atoms with Crippen LogP contribution in [-0.4, -0.2) is 5.83 Å². The minimum absolute atomic E-state index is 0.629. The molecule has 0 nitrogen and oxygen atoms in total. The van der Waals surface area contributed by atoms with Gasteiger partial charge in [-0.15, -0.1) is 0 Å². The smallest absolute Gasteiger partial charge is 0.165 e. The second kappa shape index (κ2) is 5.34. The SMILES string of the molecule is CBr.Cc1c(F)c(F)c(C)c(F)c1F. The molecule has 0 heterocycles. The van der Waals surface area contributed by atoms with Crippen molar-refractivity contribution < 1.29 is 17.6 Å². The Hall–Kier alpha value is -0.580. The van der Waals surface area contributed by atoms with E-state index < -0.39 is 34.4 Å². The minimum Gasteiger partial charge on any atom is -0.203 e. The lowest BCUT2D eigenvalue weighted by Gasteiger charge is -2.04. The summed E-state index contributed by atoms with van der Waals surface area (Å²) in [7, 11) is 0. The molecular weight excluding hydrogens is 264 g/mol. The molecule has 14 heavy (non-hydrogen) atoms. The fourth-order valence-electron chi connectivity index (χ4n) is 0.851. The zero-order valence-corrected chi connectivity index (χ0v) is 9.48. The van der Waals surface area contributed by atoms with Gasteiger partial charge in [0.25, 0.3) is 0 Å². The van der Waals surface area contributed by atoms with Gasteiger partial charge in [0.05, 0.1) is 0 Å². The summed E-state index contributed by atoms with van der Waals surface area (Å²) in [6.45, 7) is 1.96. The average Bonchev–Trinajstić information content (AvgIpc) is 2.24. The highest BCUT2D eigenvalue weighted by atomic mass is 79.9. The molecule has 0 bridgehead atoms. The molecule has 0 N–H and O–H groups in total. The third kappa shape index (κ3) is 2.26.